The Morgan fingerprint density at radius 3 is 2.69 bits per heavy atom. The second-order valence-corrected chi connectivity index (χ2v) is 5.54. The standard InChI is InChI=1S/C12H17NOS2/c1-3-4-10-15-16-12(14-2)13-11-8-6-5-7-9-11/h5-9H,3-4,10H2,1-2H3. The van der Waals surface area contributed by atoms with Gasteiger partial charge in [0.1, 0.15) is 0 Å². The normalized spacial score (nSPS) is 11.5. The Kier molecular flexibility index (Phi) is 7.17. The highest BCUT2D eigenvalue weighted by atomic mass is 33.1. The third-order valence-electron chi connectivity index (χ3n) is 1.86. The van der Waals surface area contributed by atoms with Gasteiger partial charge in [-0.3, -0.25) is 0 Å². The average Bonchev–Trinajstić information content (AvgIpc) is 2.34. The molecule has 0 saturated heterocycles. The fourth-order valence-corrected chi connectivity index (χ4v) is 3.02. The first kappa shape index (κ1) is 13.5. The third kappa shape index (κ3) is 5.47. The molecule has 0 aliphatic carbocycles. The number of aliphatic imine (C=N–C) groups is 1. The van der Waals surface area contributed by atoms with Gasteiger partial charge in [0.25, 0.3) is 5.23 Å². The molecule has 16 heavy (non-hydrogen) atoms. The number of para-hydroxylation sites is 1. The molecular weight excluding hydrogens is 238 g/mol. The molecule has 0 aliphatic rings. The molecule has 2 nitrogen and oxygen atoms in total. The molecular formula is C12H17NOS2. The van der Waals surface area contributed by atoms with Crippen molar-refractivity contribution < 1.29 is 4.74 Å². The molecule has 0 atom stereocenters. The molecule has 1 aromatic rings. The van der Waals surface area contributed by atoms with Crippen molar-refractivity contribution in [1.82, 2.24) is 0 Å². The summed E-state index contributed by atoms with van der Waals surface area (Å²) in [5.41, 5.74) is 0.933. The van der Waals surface area contributed by atoms with Gasteiger partial charge in [-0.2, -0.15) is 0 Å². The molecule has 0 aliphatic heterocycles. The Labute approximate surface area is 105 Å². The van der Waals surface area contributed by atoms with E-state index in [9.17, 15) is 0 Å². The van der Waals surface area contributed by atoms with Crippen LogP contribution in [-0.4, -0.2) is 18.1 Å². The van der Waals surface area contributed by atoms with Crippen molar-refractivity contribution in [2.45, 2.75) is 19.8 Å². The van der Waals surface area contributed by atoms with Crippen molar-refractivity contribution in [2.75, 3.05) is 12.9 Å². The molecule has 0 fully saturated rings. The van der Waals surface area contributed by atoms with Gasteiger partial charge in [0, 0.05) is 16.5 Å². The van der Waals surface area contributed by atoms with E-state index in [2.05, 4.69) is 11.9 Å². The average molecular weight is 255 g/mol. The number of ether oxygens (including phenoxy) is 1. The minimum atomic E-state index is 0.715. The summed E-state index contributed by atoms with van der Waals surface area (Å²) in [7, 11) is 5.05. The van der Waals surface area contributed by atoms with Gasteiger partial charge in [0.05, 0.1) is 12.8 Å². The van der Waals surface area contributed by atoms with E-state index in [0.717, 1.165) is 11.4 Å². The first-order valence-electron chi connectivity index (χ1n) is 5.34. The Morgan fingerprint density at radius 2 is 2.06 bits per heavy atom. The van der Waals surface area contributed by atoms with Crippen molar-refractivity contribution in [3.05, 3.63) is 30.3 Å². The van der Waals surface area contributed by atoms with E-state index in [-0.39, 0.29) is 0 Å². The molecule has 0 bridgehead atoms. The highest BCUT2D eigenvalue weighted by molar-refractivity contribution is 8.82. The predicted octanol–water partition coefficient (Wildman–Crippen LogP) is 4.50. The van der Waals surface area contributed by atoms with Crippen LogP contribution in [0.5, 0.6) is 0 Å². The van der Waals surface area contributed by atoms with Gasteiger partial charge < -0.3 is 4.74 Å². The Morgan fingerprint density at radius 1 is 1.31 bits per heavy atom. The number of benzene rings is 1. The molecule has 1 rings (SSSR count). The Bertz CT molecular complexity index is 314. The molecule has 0 saturated carbocycles. The van der Waals surface area contributed by atoms with Crippen molar-refractivity contribution in [3.8, 4) is 0 Å². The third-order valence-corrected chi connectivity index (χ3v) is 4.12. The first-order chi connectivity index (χ1) is 7.86. The van der Waals surface area contributed by atoms with Crippen LogP contribution in [0.2, 0.25) is 0 Å². The molecule has 0 heterocycles. The summed E-state index contributed by atoms with van der Waals surface area (Å²) in [4.78, 5) is 4.41. The van der Waals surface area contributed by atoms with Gasteiger partial charge in [-0.05, 0) is 18.6 Å². The van der Waals surface area contributed by atoms with Crippen LogP contribution in [0, 0.1) is 0 Å². The summed E-state index contributed by atoms with van der Waals surface area (Å²) >= 11 is 0. The predicted molar refractivity (Wildman–Crippen MR) is 75.5 cm³/mol. The lowest BCUT2D eigenvalue weighted by atomic mass is 10.3. The number of nitrogens with zero attached hydrogens (tertiary/aromatic N) is 1. The monoisotopic (exact) mass is 255 g/mol. The zero-order valence-electron chi connectivity index (χ0n) is 9.68. The number of hydrogen-bond donors (Lipinski definition) is 0. The Balaban J connectivity index is 2.44. The molecule has 0 unspecified atom stereocenters. The van der Waals surface area contributed by atoms with E-state index in [1.807, 2.05) is 30.3 Å². The zero-order chi connectivity index (χ0) is 11.6. The topological polar surface area (TPSA) is 21.6 Å². The van der Waals surface area contributed by atoms with E-state index >= 15 is 0 Å². The van der Waals surface area contributed by atoms with Gasteiger partial charge in [-0.15, -0.1) is 0 Å². The number of hydrogen-bond acceptors (Lipinski definition) is 4. The maximum absolute atomic E-state index is 5.23. The molecule has 4 heteroatoms. The van der Waals surface area contributed by atoms with Crippen LogP contribution in [0.1, 0.15) is 19.8 Å². The lowest BCUT2D eigenvalue weighted by Gasteiger charge is -2.03. The maximum Gasteiger partial charge on any atom is 0.261 e. The number of unbranched alkanes of at least 4 members (excludes halogenated alkanes) is 1. The quantitative estimate of drug-likeness (QED) is 0.334. The van der Waals surface area contributed by atoms with E-state index in [1.54, 1.807) is 28.7 Å². The molecule has 88 valence electrons. The van der Waals surface area contributed by atoms with E-state index in [4.69, 9.17) is 4.74 Å². The molecule has 0 radical (unpaired) electrons. The minimum absolute atomic E-state index is 0.715. The first-order valence-corrected chi connectivity index (χ1v) is 7.66. The summed E-state index contributed by atoms with van der Waals surface area (Å²) in [5.74, 6) is 1.14. The second kappa shape index (κ2) is 8.53. The van der Waals surface area contributed by atoms with Crippen molar-refractivity contribution >= 4 is 32.5 Å². The van der Waals surface area contributed by atoms with E-state index in [1.165, 1.54) is 12.8 Å². The van der Waals surface area contributed by atoms with E-state index < -0.39 is 0 Å². The van der Waals surface area contributed by atoms with Crippen molar-refractivity contribution in [3.63, 3.8) is 0 Å². The van der Waals surface area contributed by atoms with Crippen LogP contribution in [0.15, 0.2) is 35.3 Å². The van der Waals surface area contributed by atoms with Gasteiger partial charge in [0.15, 0.2) is 0 Å². The van der Waals surface area contributed by atoms with Crippen molar-refractivity contribution in [2.24, 2.45) is 4.99 Å². The minimum Gasteiger partial charge on any atom is -0.476 e. The number of methoxy groups -OCH3 is 1. The summed E-state index contributed by atoms with van der Waals surface area (Å²) in [6.45, 7) is 2.19. The second-order valence-electron chi connectivity index (χ2n) is 3.18. The van der Waals surface area contributed by atoms with Crippen LogP contribution < -0.4 is 0 Å². The van der Waals surface area contributed by atoms with E-state index in [0.29, 0.717) is 5.23 Å². The summed E-state index contributed by atoms with van der Waals surface area (Å²) < 4.78 is 5.23. The lowest BCUT2D eigenvalue weighted by Crippen LogP contribution is -1.92. The Hall–Kier alpha value is -0.610. The van der Waals surface area contributed by atoms with Crippen LogP contribution in [0.25, 0.3) is 0 Å². The molecule has 0 aromatic heterocycles. The van der Waals surface area contributed by atoms with Crippen LogP contribution >= 0.6 is 21.6 Å². The molecule has 1 aromatic carbocycles. The van der Waals surface area contributed by atoms with Gasteiger partial charge in [-0.25, -0.2) is 4.99 Å². The van der Waals surface area contributed by atoms with Gasteiger partial charge in [-0.1, -0.05) is 42.3 Å². The summed E-state index contributed by atoms with van der Waals surface area (Å²) in [6, 6.07) is 9.86. The lowest BCUT2D eigenvalue weighted by molar-refractivity contribution is 0.417. The van der Waals surface area contributed by atoms with Crippen LogP contribution in [-0.2, 0) is 4.74 Å². The fourth-order valence-electron chi connectivity index (χ4n) is 1.00. The van der Waals surface area contributed by atoms with Crippen molar-refractivity contribution in [1.29, 1.82) is 0 Å². The van der Waals surface area contributed by atoms with Gasteiger partial charge in [0.2, 0.25) is 0 Å². The molecule has 0 N–H and O–H groups in total. The summed E-state index contributed by atoms with van der Waals surface area (Å²) in [5, 5.41) is 0.715. The number of rotatable bonds is 5. The highest BCUT2D eigenvalue weighted by Crippen LogP contribution is 2.26. The SMILES string of the molecule is CCCCSSC(=Nc1ccccc1)OC. The fraction of sp³-hybridized carbons (Fsp3) is 0.417. The van der Waals surface area contributed by atoms with Gasteiger partial charge >= 0.3 is 0 Å². The van der Waals surface area contributed by atoms with Crippen LogP contribution in [0.3, 0.4) is 0 Å². The summed E-state index contributed by atoms with van der Waals surface area (Å²) in [6.07, 6.45) is 2.46. The van der Waals surface area contributed by atoms with Crippen LogP contribution in [0.4, 0.5) is 5.69 Å². The zero-order valence-corrected chi connectivity index (χ0v) is 11.3. The molecule has 0 amide bonds. The smallest absolute Gasteiger partial charge is 0.261 e. The largest absolute Gasteiger partial charge is 0.476 e. The molecule has 0 spiro atoms. The maximum atomic E-state index is 5.23. The highest BCUT2D eigenvalue weighted by Gasteiger charge is 2.00.